The molecular formula is C11H11F3N2O. The third-order valence-corrected chi connectivity index (χ3v) is 2.44. The fourth-order valence-electron chi connectivity index (χ4n) is 1.80. The molecule has 0 aliphatic rings. The lowest BCUT2D eigenvalue weighted by atomic mass is 10.2. The summed E-state index contributed by atoms with van der Waals surface area (Å²) in [6.07, 6.45) is -4.50. The van der Waals surface area contributed by atoms with Crippen molar-refractivity contribution < 1.29 is 18.3 Å². The largest absolute Gasteiger partial charge is 0.508 e. The van der Waals surface area contributed by atoms with Gasteiger partial charge in [0.1, 0.15) is 5.75 Å². The van der Waals surface area contributed by atoms with Gasteiger partial charge in [-0.05, 0) is 26.0 Å². The first kappa shape index (κ1) is 11.8. The number of hydrogen-bond acceptors (Lipinski definition) is 2. The quantitative estimate of drug-likeness (QED) is 0.835. The van der Waals surface area contributed by atoms with Crippen molar-refractivity contribution in [1.29, 1.82) is 0 Å². The summed E-state index contributed by atoms with van der Waals surface area (Å²) in [4.78, 5) is 3.57. The summed E-state index contributed by atoms with van der Waals surface area (Å²) < 4.78 is 39.5. The normalized spacial score (nSPS) is 12.6. The zero-order chi connectivity index (χ0) is 12.8. The number of halogens is 3. The molecule has 0 atom stereocenters. The number of aromatic hydroxyl groups is 1. The van der Waals surface area contributed by atoms with Crippen LogP contribution < -0.4 is 0 Å². The van der Waals surface area contributed by atoms with Crippen LogP contribution in [-0.4, -0.2) is 14.7 Å². The van der Waals surface area contributed by atoms with Crippen molar-refractivity contribution in [2.75, 3.05) is 0 Å². The molecule has 92 valence electrons. The summed E-state index contributed by atoms with van der Waals surface area (Å²) >= 11 is 0. The van der Waals surface area contributed by atoms with Gasteiger partial charge in [-0.25, -0.2) is 4.98 Å². The Balaban J connectivity index is 2.81. The highest BCUT2D eigenvalue weighted by molar-refractivity contribution is 5.78. The van der Waals surface area contributed by atoms with E-state index in [0.717, 1.165) is 4.57 Å². The molecule has 0 saturated heterocycles. The maximum Gasteiger partial charge on any atom is 0.449 e. The number of benzene rings is 1. The van der Waals surface area contributed by atoms with Crippen LogP contribution in [0.2, 0.25) is 0 Å². The molecule has 0 amide bonds. The van der Waals surface area contributed by atoms with E-state index in [0.29, 0.717) is 0 Å². The Morgan fingerprint density at radius 3 is 2.47 bits per heavy atom. The monoisotopic (exact) mass is 244 g/mol. The van der Waals surface area contributed by atoms with Crippen LogP contribution in [0.25, 0.3) is 11.0 Å². The molecule has 0 saturated carbocycles. The molecule has 0 unspecified atom stereocenters. The van der Waals surface area contributed by atoms with Gasteiger partial charge in [0.05, 0.1) is 11.0 Å². The van der Waals surface area contributed by atoms with Gasteiger partial charge >= 0.3 is 6.18 Å². The first-order chi connectivity index (χ1) is 7.80. The van der Waals surface area contributed by atoms with Gasteiger partial charge in [-0.1, -0.05) is 0 Å². The molecule has 2 aromatic rings. The molecule has 1 heterocycles. The summed E-state index contributed by atoms with van der Waals surface area (Å²) in [6.45, 7) is 3.28. The van der Waals surface area contributed by atoms with E-state index in [4.69, 9.17) is 0 Å². The minimum atomic E-state index is -4.50. The lowest BCUT2D eigenvalue weighted by Crippen LogP contribution is -2.16. The standard InChI is InChI=1S/C11H11F3N2O/c1-6(2)16-9-5-7(17)3-4-8(9)15-10(16)11(12,13)14/h3-6,17H,1-2H3. The van der Waals surface area contributed by atoms with E-state index in [2.05, 4.69) is 4.98 Å². The van der Waals surface area contributed by atoms with E-state index in [1.807, 2.05) is 0 Å². The van der Waals surface area contributed by atoms with E-state index in [1.54, 1.807) is 13.8 Å². The van der Waals surface area contributed by atoms with Crippen LogP contribution in [0, 0.1) is 0 Å². The average molecular weight is 244 g/mol. The van der Waals surface area contributed by atoms with Crippen LogP contribution in [-0.2, 0) is 6.18 Å². The molecule has 0 spiro atoms. The molecular weight excluding hydrogens is 233 g/mol. The van der Waals surface area contributed by atoms with Gasteiger partial charge < -0.3 is 9.67 Å². The second-order valence-corrected chi connectivity index (χ2v) is 4.07. The van der Waals surface area contributed by atoms with Gasteiger partial charge in [0.15, 0.2) is 0 Å². The number of aromatic nitrogens is 2. The van der Waals surface area contributed by atoms with E-state index < -0.39 is 18.0 Å². The maximum atomic E-state index is 12.8. The third-order valence-electron chi connectivity index (χ3n) is 2.44. The number of rotatable bonds is 1. The van der Waals surface area contributed by atoms with E-state index in [-0.39, 0.29) is 16.8 Å². The molecule has 1 aromatic carbocycles. The summed E-state index contributed by atoms with van der Waals surface area (Å²) in [5.41, 5.74) is 0.510. The smallest absolute Gasteiger partial charge is 0.449 e. The minimum Gasteiger partial charge on any atom is -0.508 e. The van der Waals surface area contributed by atoms with Crippen LogP contribution in [0.3, 0.4) is 0 Å². The molecule has 0 aliphatic heterocycles. The van der Waals surface area contributed by atoms with Crippen molar-refractivity contribution in [3.8, 4) is 5.75 Å². The lowest BCUT2D eigenvalue weighted by molar-refractivity contribution is -0.147. The lowest BCUT2D eigenvalue weighted by Gasteiger charge is -2.14. The van der Waals surface area contributed by atoms with Crippen molar-refractivity contribution in [3.05, 3.63) is 24.0 Å². The molecule has 0 bridgehead atoms. The highest BCUT2D eigenvalue weighted by Gasteiger charge is 2.38. The number of imidazole rings is 1. The molecule has 17 heavy (non-hydrogen) atoms. The van der Waals surface area contributed by atoms with Crippen LogP contribution in [0.1, 0.15) is 25.7 Å². The van der Waals surface area contributed by atoms with Crippen LogP contribution in [0.4, 0.5) is 13.2 Å². The zero-order valence-corrected chi connectivity index (χ0v) is 9.28. The number of fused-ring (bicyclic) bond motifs is 1. The fraction of sp³-hybridized carbons (Fsp3) is 0.364. The molecule has 0 aliphatic carbocycles. The average Bonchev–Trinajstić information content (AvgIpc) is 2.55. The minimum absolute atomic E-state index is 0.0759. The SMILES string of the molecule is CC(C)n1c(C(F)(F)F)nc2ccc(O)cc21. The Hall–Kier alpha value is -1.72. The highest BCUT2D eigenvalue weighted by Crippen LogP contribution is 2.34. The van der Waals surface area contributed by atoms with E-state index in [1.165, 1.54) is 18.2 Å². The van der Waals surface area contributed by atoms with Crippen LogP contribution in [0.15, 0.2) is 18.2 Å². The summed E-state index contributed by atoms with van der Waals surface area (Å²) in [5, 5.41) is 9.33. The Morgan fingerprint density at radius 1 is 1.29 bits per heavy atom. The molecule has 1 aromatic heterocycles. The first-order valence-electron chi connectivity index (χ1n) is 5.09. The fourth-order valence-corrected chi connectivity index (χ4v) is 1.80. The summed E-state index contributed by atoms with van der Waals surface area (Å²) in [7, 11) is 0. The third kappa shape index (κ3) is 1.94. The number of alkyl halides is 3. The van der Waals surface area contributed by atoms with E-state index >= 15 is 0 Å². The highest BCUT2D eigenvalue weighted by atomic mass is 19.4. The second kappa shape index (κ2) is 3.65. The second-order valence-electron chi connectivity index (χ2n) is 4.07. The van der Waals surface area contributed by atoms with Gasteiger partial charge in [0.25, 0.3) is 0 Å². The Labute approximate surface area is 95.5 Å². The number of nitrogens with zero attached hydrogens (tertiary/aromatic N) is 2. The first-order valence-corrected chi connectivity index (χ1v) is 5.09. The molecule has 0 radical (unpaired) electrons. The predicted molar refractivity (Wildman–Crippen MR) is 56.8 cm³/mol. The topological polar surface area (TPSA) is 38.0 Å². The molecule has 1 N–H and O–H groups in total. The predicted octanol–water partition coefficient (Wildman–Crippen LogP) is 3.34. The van der Waals surface area contributed by atoms with E-state index in [9.17, 15) is 18.3 Å². The molecule has 2 rings (SSSR count). The van der Waals surface area contributed by atoms with Crippen molar-refractivity contribution in [2.45, 2.75) is 26.1 Å². The van der Waals surface area contributed by atoms with Crippen molar-refractivity contribution in [2.24, 2.45) is 0 Å². The van der Waals surface area contributed by atoms with Gasteiger partial charge in [0, 0.05) is 12.1 Å². The maximum absolute atomic E-state index is 12.8. The van der Waals surface area contributed by atoms with Gasteiger partial charge in [-0.15, -0.1) is 0 Å². The van der Waals surface area contributed by atoms with Crippen molar-refractivity contribution in [3.63, 3.8) is 0 Å². The zero-order valence-electron chi connectivity index (χ0n) is 9.28. The number of phenolic OH excluding ortho intramolecular Hbond substituents is 1. The molecule has 6 heteroatoms. The Kier molecular flexibility index (Phi) is 2.52. The van der Waals surface area contributed by atoms with Gasteiger partial charge in [-0.2, -0.15) is 13.2 Å². The van der Waals surface area contributed by atoms with Gasteiger partial charge in [-0.3, -0.25) is 0 Å². The Morgan fingerprint density at radius 2 is 1.94 bits per heavy atom. The van der Waals surface area contributed by atoms with Crippen molar-refractivity contribution >= 4 is 11.0 Å². The number of phenols is 1. The molecule has 3 nitrogen and oxygen atoms in total. The molecule has 0 fully saturated rings. The summed E-state index contributed by atoms with van der Waals surface area (Å²) in [6, 6.07) is 3.59. The van der Waals surface area contributed by atoms with Crippen molar-refractivity contribution in [1.82, 2.24) is 9.55 Å². The number of hydrogen-bond donors (Lipinski definition) is 1. The van der Waals surface area contributed by atoms with Gasteiger partial charge in [0.2, 0.25) is 5.82 Å². The summed E-state index contributed by atoms with van der Waals surface area (Å²) in [5.74, 6) is -1.01. The van der Waals surface area contributed by atoms with Crippen LogP contribution >= 0.6 is 0 Å². The van der Waals surface area contributed by atoms with Crippen LogP contribution in [0.5, 0.6) is 5.75 Å². The Bertz CT molecular complexity index is 558.